The summed E-state index contributed by atoms with van der Waals surface area (Å²) in [4.78, 5) is 19.1. The molecule has 0 atom stereocenters. The highest BCUT2D eigenvalue weighted by Gasteiger charge is 2.38. The molecule has 2 rings (SSSR count). The third-order valence-electron chi connectivity index (χ3n) is 2.72. The monoisotopic (exact) mass is 378 g/mol. The second-order valence-electron chi connectivity index (χ2n) is 4.36. The van der Waals surface area contributed by atoms with Crippen LogP contribution in [0.15, 0.2) is 23.4 Å². The summed E-state index contributed by atoms with van der Waals surface area (Å²) < 4.78 is 43.9. The molecule has 2 aromatic rings. The molecule has 2 aromatic heterocycles. The number of thiophene rings is 1. The number of aromatic nitrogens is 2. The minimum absolute atomic E-state index is 0.406. The lowest BCUT2D eigenvalue weighted by atomic mass is 10.2. The van der Waals surface area contributed by atoms with E-state index in [1.165, 1.54) is 11.3 Å². The first-order chi connectivity index (χ1) is 11.2. The van der Waals surface area contributed by atoms with E-state index in [0.717, 1.165) is 18.2 Å². The number of rotatable bonds is 4. The summed E-state index contributed by atoms with van der Waals surface area (Å²) in [5.41, 5.74) is 0.633. The highest BCUT2D eigenvalue weighted by molar-refractivity contribution is 7.18. The zero-order valence-corrected chi connectivity index (χ0v) is 13.9. The molecule has 0 saturated carbocycles. The molecule has 0 radical (unpaired) electrons. The molecular weight excluding hydrogens is 369 g/mol. The van der Waals surface area contributed by atoms with Crippen molar-refractivity contribution in [2.24, 2.45) is 5.10 Å². The van der Waals surface area contributed by atoms with Crippen LogP contribution in [0, 0.1) is 0 Å². The maximum Gasteiger partial charge on any atom is 0.434 e. The van der Waals surface area contributed by atoms with Gasteiger partial charge in [-0.3, -0.25) is 0 Å². The molecular formula is C13H10ClF3N4O2S. The van der Waals surface area contributed by atoms with Crippen LogP contribution >= 0.6 is 22.9 Å². The summed E-state index contributed by atoms with van der Waals surface area (Å²) in [6.45, 7) is 1.64. The first kappa shape index (κ1) is 18.1. The number of esters is 1. The third-order valence-corrected chi connectivity index (χ3v) is 4.06. The van der Waals surface area contributed by atoms with Gasteiger partial charge in [-0.1, -0.05) is 11.6 Å². The van der Waals surface area contributed by atoms with Crippen molar-refractivity contribution >= 4 is 40.6 Å². The zero-order valence-electron chi connectivity index (χ0n) is 12.3. The van der Waals surface area contributed by atoms with Gasteiger partial charge in [0, 0.05) is 6.20 Å². The van der Waals surface area contributed by atoms with Gasteiger partial charge in [0.05, 0.1) is 22.0 Å². The van der Waals surface area contributed by atoms with Crippen LogP contribution in [0.25, 0.3) is 0 Å². The Morgan fingerprint density at radius 1 is 1.42 bits per heavy atom. The first-order valence-corrected chi connectivity index (χ1v) is 7.50. The molecule has 0 aliphatic rings. The lowest BCUT2D eigenvalue weighted by Crippen LogP contribution is -2.18. The van der Waals surface area contributed by atoms with E-state index in [9.17, 15) is 18.0 Å². The number of carbonyl (C=O) groups excluding carboxylic acids is 1. The van der Waals surface area contributed by atoms with Gasteiger partial charge in [-0.15, -0.1) is 11.3 Å². The van der Waals surface area contributed by atoms with Gasteiger partial charge in [-0.2, -0.15) is 18.3 Å². The molecule has 128 valence electrons. The van der Waals surface area contributed by atoms with Crippen LogP contribution in [-0.4, -0.2) is 28.8 Å². The van der Waals surface area contributed by atoms with Crippen LogP contribution in [-0.2, 0) is 10.9 Å². The van der Waals surface area contributed by atoms with Gasteiger partial charge in [0.15, 0.2) is 5.69 Å². The number of hydrogen-bond donors (Lipinski definition) is 1. The summed E-state index contributed by atoms with van der Waals surface area (Å²) in [7, 11) is 0.967. The van der Waals surface area contributed by atoms with Gasteiger partial charge in [-0.05, 0) is 19.1 Å². The van der Waals surface area contributed by atoms with Crippen molar-refractivity contribution in [2.45, 2.75) is 13.1 Å². The maximum absolute atomic E-state index is 13.0. The average molecular weight is 379 g/mol. The Balaban J connectivity index is 2.30. The van der Waals surface area contributed by atoms with Gasteiger partial charge in [-0.25, -0.2) is 20.2 Å². The molecule has 0 amide bonds. The van der Waals surface area contributed by atoms with Crippen LogP contribution in [0.3, 0.4) is 0 Å². The number of ether oxygens (including phenoxy) is 1. The number of nitrogens with one attached hydrogen (secondary N) is 1. The van der Waals surface area contributed by atoms with Gasteiger partial charge in [0.25, 0.3) is 0 Å². The highest BCUT2D eigenvalue weighted by Crippen LogP contribution is 2.31. The van der Waals surface area contributed by atoms with Gasteiger partial charge in [0.1, 0.15) is 5.56 Å². The van der Waals surface area contributed by atoms with Crippen molar-refractivity contribution in [2.75, 3.05) is 12.5 Å². The molecule has 0 aliphatic carbocycles. The molecule has 0 saturated heterocycles. The van der Waals surface area contributed by atoms with E-state index in [4.69, 9.17) is 11.6 Å². The van der Waals surface area contributed by atoms with Crippen molar-refractivity contribution in [3.05, 3.63) is 38.8 Å². The minimum Gasteiger partial charge on any atom is -0.465 e. The highest BCUT2D eigenvalue weighted by atomic mass is 35.5. The quantitative estimate of drug-likeness (QED) is 0.497. The maximum atomic E-state index is 13.0. The predicted octanol–water partition coefficient (Wildman–Crippen LogP) is 3.83. The van der Waals surface area contributed by atoms with E-state index >= 15 is 0 Å². The molecule has 2 heterocycles. The van der Waals surface area contributed by atoms with Crippen molar-refractivity contribution < 1.29 is 22.7 Å². The first-order valence-electron chi connectivity index (χ1n) is 6.31. The van der Waals surface area contributed by atoms with Crippen molar-refractivity contribution in [3.8, 4) is 0 Å². The average Bonchev–Trinajstić information content (AvgIpc) is 2.97. The van der Waals surface area contributed by atoms with Crippen LogP contribution in [0.4, 0.5) is 19.1 Å². The number of nitrogens with zero attached hydrogens (tertiary/aromatic N) is 3. The molecule has 11 heteroatoms. The van der Waals surface area contributed by atoms with E-state index in [2.05, 4.69) is 25.2 Å². The van der Waals surface area contributed by atoms with Crippen molar-refractivity contribution in [3.63, 3.8) is 0 Å². The minimum atomic E-state index is -4.84. The Kier molecular flexibility index (Phi) is 5.40. The van der Waals surface area contributed by atoms with Crippen molar-refractivity contribution in [1.82, 2.24) is 9.97 Å². The molecule has 0 unspecified atom stereocenters. The third kappa shape index (κ3) is 4.20. The van der Waals surface area contributed by atoms with E-state index < -0.39 is 29.4 Å². The molecule has 0 spiro atoms. The summed E-state index contributed by atoms with van der Waals surface area (Å²) in [5, 5.41) is 3.91. The number of carbonyl (C=O) groups is 1. The molecule has 6 nitrogen and oxygen atoms in total. The fourth-order valence-corrected chi connectivity index (χ4v) is 2.60. The summed E-state index contributed by atoms with van der Waals surface area (Å²) in [6, 6.07) is 3.39. The number of hydrazone groups is 1. The number of anilines is 1. The smallest absolute Gasteiger partial charge is 0.434 e. The Morgan fingerprint density at radius 2 is 2.12 bits per heavy atom. The van der Waals surface area contributed by atoms with Crippen LogP contribution in [0.1, 0.15) is 27.9 Å². The number of alkyl halides is 3. The topological polar surface area (TPSA) is 76.5 Å². The van der Waals surface area contributed by atoms with E-state index in [1.807, 2.05) is 0 Å². The zero-order chi connectivity index (χ0) is 17.9. The number of halogens is 4. The van der Waals surface area contributed by atoms with E-state index in [1.54, 1.807) is 19.1 Å². The number of methoxy groups -OCH3 is 1. The Morgan fingerprint density at radius 3 is 2.67 bits per heavy atom. The SMILES string of the molecule is COC(=O)c1cnc(NN=C(C)c2ccc(Cl)s2)nc1C(F)(F)F. The van der Waals surface area contributed by atoms with Gasteiger partial charge in [0.2, 0.25) is 5.95 Å². The fourth-order valence-electron chi connectivity index (χ4n) is 1.61. The fraction of sp³-hybridized carbons (Fsp3) is 0.231. The Labute approximate surface area is 143 Å². The summed E-state index contributed by atoms with van der Waals surface area (Å²) in [5.74, 6) is -1.58. The van der Waals surface area contributed by atoms with Crippen LogP contribution in [0.2, 0.25) is 4.34 Å². The standard InChI is InChI=1S/C13H10ClF3N4O2S/c1-6(8-3-4-9(14)24-8)20-21-12-18-5-7(11(22)23-2)10(19-12)13(15,16)17/h3-5H,1-2H3,(H,18,19,21). The van der Waals surface area contributed by atoms with Gasteiger partial charge < -0.3 is 4.74 Å². The van der Waals surface area contributed by atoms with E-state index in [-0.39, 0.29) is 0 Å². The largest absolute Gasteiger partial charge is 0.465 e. The Bertz CT molecular complexity index is 792. The summed E-state index contributed by atoms with van der Waals surface area (Å²) in [6.07, 6.45) is -4.11. The molecule has 0 aromatic carbocycles. The molecule has 0 fully saturated rings. The predicted molar refractivity (Wildman–Crippen MR) is 83.5 cm³/mol. The lowest BCUT2D eigenvalue weighted by Gasteiger charge is -2.11. The van der Waals surface area contributed by atoms with E-state index in [0.29, 0.717) is 10.0 Å². The number of hydrogen-bond acceptors (Lipinski definition) is 7. The Hall–Kier alpha value is -2.20. The summed E-state index contributed by atoms with van der Waals surface area (Å²) >= 11 is 7.06. The lowest BCUT2D eigenvalue weighted by molar-refractivity contribution is -0.141. The normalized spacial score (nSPS) is 12.2. The van der Waals surface area contributed by atoms with Gasteiger partial charge >= 0.3 is 12.1 Å². The molecule has 0 aliphatic heterocycles. The molecule has 1 N–H and O–H groups in total. The molecule has 0 bridgehead atoms. The van der Waals surface area contributed by atoms with Crippen LogP contribution in [0.5, 0.6) is 0 Å². The van der Waals surface area contributed by atoms with Crippen LogP contribution < -0.4 is 5.43 Å². The molecule has 24 heavy (non-hydrogen) atoms. The second kappa shape index (κ2) is 7.14. The second-order valence-corrected chi connectivity index (χ2v) is 6.07. The van der Waals surface area contributed by atoms with Crippen molar-refractivity contribution in [1.29, 1.82) is 0 Å².